The molecule has 3 atom stereocenters. The standard InChI is InChI=1S/C24H33F3N2O3/c25-24(26,27)20-3-1-2-18(12-20)14-29-9-5-21-19(15-29)16-32-22(21)13-23(30)28-8-4-17-6-10-31-11-7-17/h1-3,12,17,19,21-22H,4-11,13-16H2,(H,28,30)/t19-,21-,22+/m1/s1. The van der Waals surface area contributed by atoms with Crippen LogP contribution in [0.3, 0.4) is 0 Å². The molecular weight excluding hydrogens is 421 g/mol. The number of halogens is 3. The molecule has 3 aliphatic rings. The summed E-state index contributed by atoms with van der Waals surface area (Å²) < 4.78 is 50.3. The SMILES string of the molecule is O=C(C[C@@H]1OC[C@H]2CN(Cc3cccc(C(F)(F)F)c3)CC[C@H]21)NCCC1CCOCC1. The number of carbonyl (C=O) groups excluding carboxylic acids is 1. The highest BCUT2D eigenvalue weighted by molar-refractivity contribution is 5.76. The van der Waals surface area contributed by atoms with Crippen molar-refractivity contribution in [3.05, 3.63) is 35.4 Å². The summed E-state index contributed by atoms with van der Waals surface area (Å²) in [5.74, 6) is 1.36. The summed E-state index contributed by atoms with van der Waals surface area (Å²) in [5.41, 5.74) is 0.0784. The Morgan fingerprint density at radius 2 is 2.00 bits per heavy atom. The van der Waals surface area contributed by atoms with Gasteiger partial charge >= 0.3 is 6.18 Å². The molecule has 3 heterocycles. The van der Waals surface area contributed by atoms with E-state index in [0.29, 0.717) is 49.4 Å². The van der Waals surface area contributed by atoms with E-state index < -0.39 is 11.7 Å². The molecule has 0 aliphatic carbocycles. The highest BCUT2D eigenvalue weighted by atomic mass is 19.4. The minimum Gasteiger partial charge on any atom is -0.381 e. The summed E-state index contributed by atoms with van der Waals surface area (Å²) in [5, 5.41) is 3.05. The molecule has 3 saturated heterocycles. The van der Waals surface area contributed by atoms with E-state index in [1.54, 1.807) is 6.07 Å². The Balaban J connectivity index is 1.21. The lowest BCUT2D eigenvalue weighted by Crippen LogP contribution is -2.42. The Hall–Kier alpha value is -1.64. The minimum absolute atomic E-state index is 0.0501. The number of hydrogen-bond acceptors (Lipinski definition) is 4. The quantitative estimate of drug-likeness (QED) is 0.680. The second kappa shape index (κ2) is 10.5. The molecule has 1 N–H and O–H groups in total. The number of hydrogen-bond donors (Lipinski definition) is 1. The molecule has 0 spiro atoms. The van der Waals surface area contributed by atoms with Crippen molar-refractivity contribution < 1.29 is 27.4 Å². The van der Waals surface area contributed by atoms with Crippen molar-refractivity contribution in [2.24, 2.45) is 17.8 Å². The van der Waals surface area contributed by atoms with Crippen LogP contribution in [0.2, 0.25) is 0 Å². The summed E-state index contributed by atoms with van der Waals surface area (Å²) in [4.78, 5) is 14.6. The number of rotatable bonds is 7. The van der Waals surface area contributed by atoms with Crippen LogP contribution in [0.1, 0.15) is 43.2 Å². The van der Waals surface area contributed by atoms with E-state index in [-0.39, 0.29) is 12.0 Å². The van der Waals surface area contributed by atoms with Crippen molar-refractivity contribution in [3.8, 4) is 0 Å². The first-order valence-electron chi connectivity index (χ1n) is 11.7. The number of likely N-dealkylation sites (tertiary alicyclic amines) is 1. The van der Waals surface area contributed by atoms with Gasteiger partial charge in [0.2, 0.25) is 5.91 Å². The normalized spacial score (nSPS) is 27.3. The molecule has 1 aromatic carbocycles. The van der Waals surface area contributed by atoms with Crippen LogP contribution >= 0.6 is 0 Å². The molecule has 8 heteroatoms. The molecule has 0 radical (unpaired) electrons. The van der Waals surface area contributed by atoms with E-state index in [2.05, 4.69) is 10.2 Å². The molecule has 0 unspecified atom stereocenters. The predicted octanol–water partition coefficient (Wildman–Crippen LogP) is 3.87. The molecular formula is C24H33F3N2O3. The summed E-state index contributed by atoms with van der Waals surface area (Å²) in [6.45, 7) is 5.07. The highest BCUT2D eigenvalue weighted by Gasteiger charge is 2.41. The molecule has 1 aromatic rings. The van der Waals surface area contributed by atoms with Gasteiger partial charge in [0.25, 0.3) is 0 Å². The smallest absolute Gasteiger partial charge is 0.381 e. The number of amides is 1. The van der Waals surface area contributed by atoms with Crippen LogP contribution in [-0.4, -0.2) is 56.4 Å². The van der Waals surface area contributed by atoms with Crippen molar-refractivity contribution in [1.82, 2.24) is 10.2 Å². The summed E-state index contributed by atoms with van der Waals surface area (Å²) >= 11 is 0. The van der Waals surface area contributed by atoms with Gasteiger partial charge in [-0.2, -0.15) is 13.2 Å². The molecule has 0 aromatic heterocycles. The van der Waals surface area contributed by atoms with Crippen LogP contribution in [-0.2, 0) is 27.0 Å². The second-order valence-electron chi connectivity index (χ2n) is 9.42. The first-order valence-corrected chi connectivity index (χ1v) is 11.7. The number of ether oxygens (including phenoxy) is 2. The molecule has 4 rings (SSSR count). The van der Waals surface area contributed by atoms with Crippen molar-refractivity contribution in [2.75, 3.05) is 39.5 Å². The molecule has 3 fully saturated rings. The fourth-order valence-corrected chi connectivity index (χ4v) is 5.33. The van der Waals surface area contributed by atoms with Gasteiger partial charge in [-0.3, -0.25) is 9.69 Å². The molecule has 5 nitrogen and oxygen atoms in total. The predicted molar refractivity (Wildman–Crippen MR) is 114 cm³/mol. The van der Waals surface area contributed by atoms with Gasteiger partial charge in [0.1, 0.15) is 0 Å². The highest BCUT2D eigenvalue weighted by Crippen LogP contribution is 2.36. The first kappa shape index (κ1) is 23.5. The third-order valence-corrected chi connectivity index (χ3v) is 7.14. The van der Waals surface area contributed by atoms with Crippen LogP contribution in [0, 0.1) is 17.8 Å². The van der Waals surface area contributed by atoms with E-state index in [9.17, 15) is 18.0 Å². The van der Waals surface area contributed by atoms with Gasteiger partial charge in [-0.1, -0.05) is 18.2 Å². The lowest BCUT2D eigenvalue weighted by molar-refractivity contribution is -0.137. The Morgan fingerprint density at radius 1 is 1.19 bits per heavy atom. The van der Waals surface area contributed by atoms with Gasteiger partial charge in [0, 0.05) is 38.8 Å². The monoisotopic (exact) mass is 454 g/mol. The zero-order valence-electron chi connectivity index (χ0n) is 18.4. The number of carbonyl (C=O) groups is 1. The summed E-state index contributed by atoms with van der Waals surface area (Å²) in [7, 11) is 0. The van der Waals surface area contributed by atoms with E-state index in [0.717, 1.165) is 58.1 Å². The number of alkyl halides is 3. The Labute approximate surface area is 187 Å². The Bertz CT molecular complexity index is 767. The van der Waals surface area contributed by atoms with Crippen LogP contribution in [0.4, 0.5) is 13.2 Å². The van der Waals surface area contributed by atoms with Gasteiger partial charge in [0.05, 0.1) is 24.7 Å². The van der Waals surface area contributed by atoms with Gasteiger partial charge in [-0.25, -0.2) is 0 Å². The van der Waals surface area contributed by atoms with Gasteiger partial charge in [-0.05, 0) is 55.7 Å². The van der Waals surface area contributed by atoms with E-state index in [1.807, 2.05) is 0 Å². The Kier molecular flexibility index (Phi) is 7.74. The second-order valence-corrected chi connectivity index (χ2v) is 9.42. The van der Waals surface area contributed by atoms with E-state index >= 15 is 0 Å². The molecule has 0 saturated carbocycles. The van der Waals surface area contributed by atoms with Crippen LogP contribution in [0.25, 0.3) is 0 Å². The van der Waals surface area contributed by atoms with Crippen molar-refractivity contribution in [3.63, 3.8) is 0 Å². The topological polar surface area (TPSA) is 50.8 Å². The van der Waals surface area contributed by atoms with Gasteiger partial charge < -0.3 is 14.8 Å². The summed E-state index contributed by atoms with van der Waals surface area (Å²) in [6, 6.07) is 5.57. The van der Waals surface area contributed by atoms with Crippen molar-refractivity contribution in [1.29, 1.82) is 0 Å². The zero-order valence-corrected chi connectivity index (χ0v) is 18.4. The van der Waals surface area contributed by atoms with E-state index in [4.69, 9.17) is 9.47 Å². The third kappa shape index (κ3) is 6.23. The fraction of sp³-hybridized carbons (Fsp3) is 0.708. The third-order valence-electron chi connectivity index (χ3n) is 7.14. The number of fused-ring (bicyclic) bond motifs is 1. The average Bonchev–Trinajstić information content (AvgIpc) is 3.16. The van der Waals surface area contributed by atoms with Crippen LogP contribution in [0.5, 0.6) is 0 Å². The van der Waals surface area contributed by atoms with Crippen LogP contribution in [0.15, 0.2) is 24.3 Å². The van der Waals surface area contributed by atoms with Crippen LogP contribution < -0.4 is 5.32 Å². The number of piperidine rings is 1. The lowest BCUT2D eigenvalue weighted by atomic mass is 9.83. The summed E-state index contributed by atoms with van der Waals surface area (Å²) in [6.07, 6.45) is 0.0634. The zero-order chi connectivity index (χ0) is 22.6. The molecule has 0 bridgehead atoms. The number of nitrogens with one attached hydrogen (secondary N) is 1. The number of nitrogens with zero attached hydrogens (tertiary/aromatic N) is 1. The fourth-order valence-electron chi connectivity index (χ4n) is 5.33. The van der Waals surface area contributed by atoms with Gasteiger partial charge in [0.15, 0.2) is 0 Å². The molecule has 32 heavy (non-hydrogen) atoms. The maximum Gasteiger partial charge on any atom is 0.416 e. The van der Waals surface area contributed by atoms with Crippen molar-refractivity contribution in [2.45, 2.75) is 50.9 Å². The first-order chi connectivity index (χ1) is 15.4. The maximum absolute atomic E-state index is 13.0. The average molecular weight is 455 g/mol. The minimum atomic E-state index is -4.32. The molecule has 1 amide bonds. The lowest BCUT2D eigenvalue weighted by Gasteiger charge is -2.35. The largest absolute Gasteiger partial charge is 0.416 e. The number of benzene rings is 1. The Morgan fingerprint density at radius 3 is 2.78 bits per heavy atom. The van der Waals surface area contributed by atoms with E-state index in [1.165, 1.54) is 12.1 Å². The maximum atomic E-state index is 13.0. The molecule has 178 valence electrons. The van der Waals surface area contributed by atoms with Crippen molar-refractivity contribution >= 4 is 5.91 Å². The molecule has 3 aliphatic heterocycles. The van der Waals surface area contributed by atoms with Gasteiger partial charge in [-0.15, -0.1) is 0 Å².